The fourth-order valence-electron chi connectivity index (χ4n) is 2.52. The molecule has 2 aliphatic heterocycles. The van der Waals surface area contributed by atoms with Gasteiger partial charge in [0.25, 0.3) is 0 Å². The van der Waals surface area contributed by atoms with E-state index in [1.54, 1.807) is 0 Å². The van der Waals surface area contributed by atoms with E-state index in [1.807, 2.05) is 4.90 Å². The molecule has 2 fully saturated rings. The van der Waals surface area contributed by atoms with Gasteiger partial charge in [0.15, 0.2) is 0 Å². The van der Waals surface area contributed by atoms with Crippen LogP contribution in [0.1, 0.15) is 13.3 Å². The minimum Gasteiger partial charge on any atom is -0.339 e. The number of nitrogens with zero attached hydrogens (tertiary/aromatic N) is 3. The Balaban J connectivity index is 1.75. The summed E-state index contributed by atoms with van der Waals surface area (Å²) >= 11 is 0. The first-order valence-electron chi connectivity index (χ1n) is 6.34. The van der Waals surface area contributed by atoms with Gasteiger partial charge in [0.05, 0.1) is 6.54 Å². The van der Waals surface area contributed by atoms with Gasteiger partial charge in [-0.3, -0.25) is 9.69 Å². The highest BCUT2D eigenvalue weighted by Crippen LogP contribution is 2.14. The first-order chi connectivity index (χ1) is 7.65. The topological polar surface area (TPSA) is 26.8 Å². The van der Waals surface area contributed by atoms with Crippen LogP contribution in [0.3, 0.4) is 0 Å². The molecule has 2 aliphatic rings. The molecule has 2 heterocycles. The van der Waals surface area contributed by atoms with Gasteiger partial charge in [-0.15, -0.1) is 0 Å². The standard InChI is InChI=1S/C12H23N3O/c1-11-3-4-14(9-11)10-12(16)15-7-5-13(2)6-8-15/h11H,3-10H2,1-2H3. The van der Waals surface area contributed by atoms with Crippen LogP contribution in [0, 0.1) is 5.92 Å². The van der Waals surface area contributed by atoms with E-state index in [4.69, 9.17) is 0 Å². The van der Waals surface area contributed by atoms with E-state index in [-0.39, 0.29) is 0 Å². The third kappa shape index (κ3) is 2.95. The van der Waals surface area contributed by atoms with Crippen LogP contribution in [0.2, 0.25) is 0 Å². The molecular formula is C12H23N3O. The summed E-state index contributed by atoms with van der Waals surface area (Å²) in [5.41, 5.74) is 0. The van der Waals surface area contributed by atoms with Crippen molar-refractivity contribution in [3.8, 4) is 0 Å². The summed E-state index contributed by atoms with van der Waals surface area (Å²) in [6.45, 7) is 8.93. The molecule has 4 nitrogen and oxygen atoms in total. The SMILES string of the molecule is CC1CCN(CC(=O)N2CCN(C)CC2)C1. The summed E-state index contributed by atoms with van der Waals surface area (Å²) < 4.78 is 0. The fourth-order valence-corrected chi connectivity index (χ4v) is 2.52. The molecule has 1 atom stereocenters. The van der Waals surface area contributed by atoms with Crippen molar-refractivity contribution in [3.05, 3.63) is 0 Å². The number of carbonyl (C=O) groups excluding carboxylic acids is 1. The number of piperazine rings is 1. The van der Waals surface area contributed by atoms with E-state index < -0.39 is 0 Å². The van der Waals surface area contributed by atoms with Gasteiger partial charge in [-0.05, 0) is 25.9 Å². The lowest BCUT2D eigenvalue weighted by Crippen LogP contribution is -2.49. The van der Waals surface area contributed by atoms with E-state index in [9.17, 15) is 4.79 Å². The van der Waals surface area contributed by atoms with Crippen molar-refractivity contribution in [2.75, 3.05) is 52.9 Å². The van der Waals surface area contributed by atoms with Crippen LogP contribution in [0.5, 0.6) is 0 Å². The predicted octanol–water partition coefficient (Wildman–Crippen LogP) is 0.102. The van der Waals surface area contributed by atoms with Crippen LogP contribution in [0.15, 0.2) is 0 Å². The van der Waals surface area contributed by atoms with E-state index in [0.29, 0.717) is 12.5 Å². The average Bonchev–Trinajstić information content (AvgIpc) is 2.65. The highest BCUT2D eigenvalue weighted by molar-refractivity contribution is 5.78. The Morgan fingerprint density at radius 3 is 2.44 bits per heavy atom. The first kappa shape index (κ1) is 11.9. The average molecular weight is 225 g/mol. The summed E-state index contributed by atoms with van der Waals surface area (Å²) in [6, 6.07) is 0. The highest BCUT2D eigenvalue weighted by atomic mass is 16.2. The Kier molecular flexibility index (Phi) is 3.82. The Labute approximate surface area is 98.2 Å². The zero-order valence-corrected chi connectivity index (χ0v) is 10.5. The largest absolute Gasteiger partial charge is 0.339 e. The van der Waals surface area contributed by atoms with Crippen LogP contribution in [0.25, 0.3) is 0 Å². The number of hydrogen-bond acceptors (Lipinski definition) is 3. The van der Waals surface area contributed by atoms with Crippen LogP contribution < -0.4 is 0 Å². The highest BCUT2D eigenvalue weighted by Gasteiger charge is 2.24. The van der Waals surface area contributed by atoms with Crippen molar-refractivity contribution < 1.29 is 4.79 Å². The van der Waals surface area contributed by atoms with Crippen LogP contribution in [-0.2, 0) is 4.79 Å². The maximum absolute atomic E-state index is 12.0. The molecule has 0 spiro atoms. The number of likely N-dealkylation sites (tertiary alicyclic amines) is 1. The van der Waals surface area contributed by atoms with Crippen molar-refractivity contribution in [2.24, 2.45) is 5.92 Å². The first-order valence-corrected chi connectivity index (χ1v) is 6.34. The van der Waals surface area contributed by atoms with E-state index in [1.165, 1.54) is 6.42 Å². The molecule has 0 N–H and O–H groups in total. The second-order valence-corrected chi connectivity index (χ2v) is 5.31. The van der Waals surface area contributed by atoms with Gasteiger partial charge < -0.3 is 9.80 Å². The third-order valence-corrected chi connectivity index (χ3v) is 3.72. The zero-order chi connectivity index (χ0) is 11.5. The van der Waals surface area contributed by atoms with Gasteiger partial charge in [0.1, 0.15) is 0 Å². The minimum absolute atomic E-state index is 0.321. The van der Waals surface area contributed by atoms with Crippen molar-refractivity contribution in [1.29, 1.82) is 0 Å². The lowest BCUT2D eigenvalue weighted by atomic mass is 10.2. The summed E-state index contributed by atoms with van der Waals surface area (Å²) in [6.07, 6.45) is 1.25. The van der Waals surface area contributed by atoms with Gasteiger partial charge in [-0.25, -0.2) is 0 Å². The molecule has 2 rings (SSSR count). The summed E-state index contributed by atoms with van der Waals surface area (Å²) in [5, 5.41) is 0. The van der Waals surface area contributed by atoms with Crippen LogP contribution in [-0.4, -0.2) is 73.5 Å². The molecule has 4 heteroatoms. The number of hydrogen-bond donors (Lipinski definition) is 0. The van der Waals surface area contributed by atoms with Crippen molar-refractivity contribution in [1.82, 2.24) is 14.7 Å². The molecule has 92 valence electrons. The van der Waals surface area contributed by atoms with Crippen molar-refractivity contribution in [2.45, 2.75) is 13.3 Å². The molecule has 0 aromatic rings. The van der Waals surface area contributed by atoms with E-state index in [2.05, 4.69) is 23.8 Å². The lowest BCUT2D eigenvalue weighted by molar-refractivity contribution is -0.133. The Morgan fingerprint density at radius 1 is 1.19 bits per heavy atom. The van der Waals surface area contributed by atoms with E-state index >= 15 is 0 Å². The monoisotopic (exact) mass is 225 g/mol. The van der Waals surface area contributed by atoms with Crippen molar-refractivity contribution >= 4 is 5.91 Å². The Bertz CT molecular complexity index is 249. The Hall–Kier alpha value is -0.610. The molecule has 16 heavy (non-hydrogen) atoms. The van der Waals surface area contributed by atoms with Crippen LogP contribution in [0.4, 0.5) is 0 Å². The lowest BCUT2D eigenvalue weighted by Gasteiger charge is -2.33. The van der Waals surface area contributed by atoms with Crippen LogP contribution >= 0.6 is 0 Å². The summed E-state index contributed by atoms with van der Waals surface area (Å²) in [4.78, 5) is 18.6. The molecule has 0 saturated carbocycles. The maximum atomic E-state index is 12.0. The molecule has 1 unspecified atom stereocenters. The smallest absolute Gasteiger partial charge is 0.236 e. The van der Waals surface area contributed by atoms with Gasteiger partial charge in [-0.1, -0.05) is 6.92 Å². The minimum atomic E-state index is 0.321. The zero-order valence-electron chi connectivity index (χ0n) is 10.5. The number of carbonyl (C=O) groups is 1. The molecule has 0 radical (unpaired) electrons. The van der Waals surface area contributed by atoms with E-state index in [0.717, 1.165) is 45.2 Å². The molecular weight excluding hydrogens is 202 g/mol. The quantitative estimate of drug-likeness (QED) is 0.667. The Morgan fingerprint density at radius 2 is 1.88 bits per heavy atom. The van der Waals surface area contributed by atoms with Gasteiger partial charge in [-0.2, -0.15) is 0 Å². The second-order valence-electron chi connectivity index (χ2n) is 5.31. The summed E-state index contributed by atoms with van der Waals surface area (Å²) in [5.74, 6) is 1.09. The number of rotatable bonds is 2. The molecule has 0 aliphatic carbocycles. The molecule has 0 aromatic heterocycles. The second kappa shape index (κ2) is 5.15. The number of likely N-dealkylation sites (N-methyl/N-ethyl adjacent to an activating group) is 1. The number of amides is 1. The van der Waals surface area contributed by atoms with Gasteiger partial charge in [0, 0.05) is 32.7 Å². The maximum Gasteiger partial charge on any atom is 0.236 e. The van der Waals surface area contributed by atoms with Gasteiger partial charge >= 0.3 is 0 Å². The third-order valence-electron chi connectivity index (χ3n) is 3.72. The van der Waals surface area contributed by atoms with Crippen molar-refractivity contribution in [3.63, 3.8) is 0 Å². The molecule has 0 bridgehead atoms. The van der Waals surface area contributed by atoms with Gasteiger partial charge in [0.2, 0.25) is 5.91 Å². The normalized spacial score (nSPS) is 28.6. The summed E-state index contributed by atoms with van der Waals surface area (Å²) in [7, 11) is 2.12. The fraction of sp³-hybridized carbons (Fsp3) is 0.917. The molecule has 2 saturated heterocycles. The molecule has 0 aromatic carbocycles. The molecule has 1 amide bonds. The predicted molar refractivity (Wildman–Crippen MR) is 64.3 cm³/mol.